The van der Waals surface area contributed by atoms with Crippen LogP contribution in [-0.4, -0.2) is 106 Å². The predicted molar refractivity (Wildman–Crippen MR) is 235 cm³/mol. The number of imidazole rings is 2. The van der Waals surface area contributed by atoms with Crippen molar-refractivity contribution in [3.05, 3.63) is 121 Å². The van der Waals surface area contributed by atoms with E-state index in [1.807, 2.05) is 85.4 Å². The quantitative estimate of drug-likeness (QED) is 0.113. The van der Waals surface area contributed by atoms with Crippen molar-refractivity contribution in [3.8, 4) is 33.6 Å². The van der Waals surface area contributed by atoms with E-state index in [1.54, 1.807) is 7.11 Å². The Morgan fingerprint density at radius 3 is 2.00 bits per heavy atom. The fourth-order valence-electron chi connectivity index (χ4n) is 8.86. The zero-order chi connectivity index (χ0) is 42.8. The smallest absolute Gasteiger partial charge is 0.407 e. The van der Waals surface area contributed by atoms with E-state index in [0.717, 1.165) is 74.5 Å². The van der Waals surface area contributed by atoms with Gasteiger partial charge in [0.2, 0.25) is 11.8 Å². The van der Waals surface area contributed by atoms with Crippen molar-refractivity contribution in [2.75, 3.05) is 41.4 Å². The average Bonchev–Trinajstić information content (AvgIpc) is 4.12. The van der Waals surface area contributed by atoms with E-state index >= 15 is 0 Å². The number of rotatable bonds is 12. The summed E-state index contributed by atoms with van der Waals surface area (Å²) in [6.45, 7) is 4.92. The number of likely N-dealkylation sites (N-methyl/N-ethyl adjacent to an activating group) is 1. The average molecular weight is 823 g/mol. The second kappa shape index (κ2) is 17.7. The lowest BCUT2D eigenvalue weighted by Crippen LogP contribution is -2.51. The molecule has 2 aliphatic heterocycles. The van der Waals surface area contributed by atoms with Gasteiger partial charge in [-0.05, 0) is 78.0 Å². The van der Waals surface area contributed by atoms with E-state index in [0.29, 0.717) is 19.5 Å². The number of nitrogens with zero attached hydrogens (tertiary/aromatic N) is 5. The van der Waals surface area contributed by atoms with E-state index in [2.05, 4.69) is 75.9 Å². The number of nitrogens with one attached hydrogen (secondary N) is 3. The monoisotopic (exact) mass is 822 g/mol. The Labute approximate surface area is 356 Å². The van der Waals surface area contributed by atoms with Crippen LogP contribution < -0.4 is 5.32 Å². The van der Waals surface area contributed by atoms with Crippen LogP contribution in [0.1, 0.15) is 68.4 Å². The van der Waals surface area contributed by atoms with Crippen LogP contribution in [0.4, 0.5) is 4.79 Å². The summed E-state index contributed by atoms with van der Waals surface area (Å²) in [5, 5.41) is 4.92. The molecular weight excluding hydrogens is 769 g/mol. The summed E-state index contributed by atoms with van der Waals surface area (Å²) in [7, 11) is 6.87. The second-order valence-corrected chi connectivity index (χ2v) is 16.6. The maximum Gasteiger partial charge on any atom is 0.407 e. The number of amides is 3. The summed E-state index contributed by atoms with van der Waals surface area (Å²) in [6.07, 6.45) is 5.28. The summed E-state index contributed by atoms with van der Waals surface area (Å²) >= 11 is 0. The molecule has 4 heterocycles. The van der Waals surface area contributed by atoms with Gasteiger partial charge in [-0.2, -0.15) is 0 Å². The molecule has 13 nitrogen and oxygen atoms in total. The van der Waals surface area contributed by atoms with E-state index in [1.165, 1.54) is 7.11 Å². The molecule has 2 fully saturated rings. The van der Waals surface area contributed by atoms with Gasteiger partial charge in [0.05, 0.1) is 49.1 Å². The van der Waals surface area contributed by atoms with Gasteiger partial charge in [0.15, 0.2) is 0 Å². The molecule has 2 aliphatic rings. The number of fused-ring (bicyclic) bond motifs is 1. The van der Waals surface area contributed by atoms with Crippen LogP contribution in [0.25, 0.3) is 44.4 Å². The number of alkyl carbamates (subject to hydrolysis) is 1. The molecule has 4 aromatic carbocycles. The van der Waals surface area contributed by atoms with Crippen LogP contribution >= 0.6 is 0 Å². The molecule has 5 atom stereocenters. The van der Waals surface area contributed by atoms with E-state index < -0.39 is 18.2 Å². The summed E-state index contributed by atoms with van der Waals surface area (Å²) in [6, 6.07) is 29.6. The Hall–Kier alpha value is -6.31. The lowest BCUT2D eigenvalue weighted by atomic mass is 9.98. The van der Waals surface area contributed by atoms with Crippen LogP contribution in [0.3, 0.4) is 0 Å². The fraction of sp³-hybridized carbons (Fsp3) is 0.354. The van der Waals surface area contributed by atoms with Crippen molar-refractivity contribution in [1.29, 1.82) is 0 Å². The second-order valence-electron chi connectivity index (χ2n) is 16.6. The number of hydrogen-bond donors (Lipinski definition) is 3. The molecule has 316 valence electrons. The number of likely N-dealkylation sites (tertiary alicyclic amines) is 2. The Balaban J connectivity index is 0.956. The number of carbonyl (C=O) groups is 3. The largest absolute Gasteiger partial charge is 0.453 e. The van der Waals surface area contributed by atoms with Crippen LogP contribution in [-0.2, 0) is 19.1 Å². The highest BCUT2D eigenvalue weighted by Gasteiger charge is 2.42. The minimum atomic E-state index is -0.685. The number of aromatic amines is 2. The van der Waals surface area contributed by atoms with Gasteiger partial charge in [0.1, 0.15) is 23.7 Å². The Morgan fingerprint density at radius 2 is 1.36 bits per heavy atom. The molecule has 0 unspecified atom stereocenters. The van der Waals surface area contributed by atoms with Crippen LogP contribution in [0.15, 0.2) is 103 Å². The molecule has 0 aliphatic carbocycles. The molecule has 61 heavy (non-hydrogen) atoms. The Kier molecular flexibility index (Phi) is 12.0. The fourth-order valence-corrected chi connectivity index (χ4v) is 8.86. The van der Waals surface area contributed by atoms with Crippen molar-refractivity contribution in [3.63, 3.8) is 0 Å². The number of H-pyrrole nitrogens is 2. The van der Waals surface area contributed by atoms with Gasteiger partial charge >= 0.3 is 6.09 Å². The first-order valence-corrected chi connectivity index (χ1v) is 21.0. The van der Waals surface area contributed by atoms with Crippen LogP contribution in [0, 0.1) is 5.92 Å². The normalized spacial score (nSPS) is 18.9. The summed E-state index contributed by atoms with van der Waals surface area (Å²) < 4.78 is 10.5. The van der Waals surface area contributed by atoms with Crippen molar-refractivity contribution in [2.24, 2.45) is 5.92 Å². The first-order valence-electron chi connectivity index (χ1n) is 21.0. The maximum absolute atomic E-state index is 14.1. The van der Waals surface area contributed by atoms with E-state index in [4.69, 9.17) is 19.4 Å². The summed E-state index contributed by atoms with van der Waals surface area (Å²) in [4.78, 5) is 62.0. The minimum Gasteiger partial charge on any atom is -0.453 e. The minimum absolute atomic E-state index is 0.0268. The molecule has 0 radical (unpaired) electrons. The number of aromatic nitrogens is 4. The van der Waals surface area contributed by atoms with Gasteiger partial charge in [0.25, 0.3) is 0 Å². The zero-order valence-corrected chi connectivity index (χ0v) is 35.6. The van der Waals surface area contributed by atoms with Gasteiger partial charge in [-0.25, -0.2) is 14.8 Å². The molecule has 2 aromatic heterocycles. The van der Waals surface area contributed by atoms with E-state index in [9.17, 15) is 14.4 Å². The molecule has 6 aromatic rings. The van der Waals surface area contributed by atoms with Crippen molar-refractivity contribution in [1.82, 2.24) is 40.0 Å². The van der Waals surface area contributed by atoms with Gasteiger partial charge in [0, 0.05) is 32.2 Å². The number of benzene rings is 4. The van der Waals surface area contributed by atoms with Gasteiger partial charge < -0.3 is 34.6 Å². The van der Waals surface area contributed by atoms with Gasteiger partial charge in [-0.15, -0.1) is 0 Å². The van der Waals surface area contributed by atoms with Crippen molar-refractivity contribution < 1.29 is 23.9 Å². The molecule has 2 saturated heterocycles. The van der Waals surface area contributed by atoms with Gasteiger partial charge in [-0.3, -0.25) is 14.5 Å². The number of methoxy groups -OCH3 is 2. The molecule has 3 amide bonds. The molecular formula is C48H54N8O5. The van der Waals surface area contributed by atoms with Crippen molar-refractivity contribution >= 4 is 28.7 Å². The highest BCUT2D eigenvalue weighted by Crippen LogP contribution is 2.37. The van der Waals surface area contributed by atoms with Crippen LogP contribution in [0.2, 0.25) is 0 Å². The number of carbonyl (C=O) groups excluding carboxylic acids is 3. The first kappa shape index (κ1) is 41.4. The third-order valence-electron chi connectivity index (χ3n) is 12.2. The molecule has 13 heteroatoms. The predicted octanol–water partition coefficient (Wildman–Crippen LogP) is 7.92. The summed E-state index contributed by atoms with van der Waals surface area (Å²) in [5.41, 5.74) is 6.92. The number of ether oxygens (including phenoxy) is 2. The highest BCUT2D eigenvalue weighted by atomic mass is 16.5. The first-order chi connectivity index (χ1) is 29.5. The van der Waals surface area contributed by atoms with E-state index in [-0.39, 0.29) is 35.9 Å². The van der Waals surface area contributed by atoms with Gasteiger partial charge in [-0.1, -0.05) is 92.7 Å². The Morgan fingerprint density at radius 1 is 0.754 bits per heavy atom. The maximum atomic E-state index is 14.1. The zero-order valence-electron chi connectivity index (χ0n) is 35.6. The van der Waals surface area contributed by atoms with Crippen LogP contribution in [0.5, 0.6) is 0 Å². The lowest BCUT2D eigenvalue weighted by molar-refractivity contribution is -0.138. The summed E-state index contributed by atoms with van der Waals surface area (Å²) in [5.74, 6) is 1.28. The third-order valence-corrected chi connectivity index (χ3v) is 12.2. The Bertz CT molecular complexity index is 2500. The molecule has 0 bridgehead atoms. The SMILES string of the molecule is COC(=O)N[C@H](C(=O)N1CCC[C@H]1c1ncc(-c2ccc3cc(-c4ccc(-c5cnc([C@@H]6C[C@H](OC)CN6C(=O)[C@@H](c6ccccc6)N(C)C)[nH]5)cc4)ccc3c2)[nH]1)C(C)C. The molecule has 8 rings (SSSR count). The lowest BCUT2D eigenvalue weighted by Gasteiger charge is -2.31. The molecule has 0 saturated carbocycles. The topological polar surface area (TPSA) is 149 Å². The standard InChI is InChI=1S/C48H54N8O5/c1-29(2)42(53-48(59)61-6)46(57)55-22-10-13-40(55)44-49-27-39(52-44)36-21-20-34-23-33(18-19-35(34)24-36)30-14-16-31(17-15-30)38-26-50-45(51-38)41-25-37(60-5)28-56(41)47(58)43(54(3)4)32-11-8-7-9-12-32/h7-9,11-12,14-21,23-24,26-27,29,37,40-43H,10,13,22,25,28H2,1-6H3,(H,49,52)(H,50,51)(H,53,59)/t37-,40-,41-,42-,43+/m0/s1. The number of hydrogen-bond acceptors (Lipinski definition) is 8. The molecule has 0 spiro atoms. The van der Waals surface area contributed by atoms with Crippen molar-refractivity contribution in [2.45, 2.75) is 63.4 Å². The third kappa shape index (κ3) is 8.53. The molecule has 3 N–H and O–H groups in total. The highest BCUT2D eigenvalue weighted by molar-refractivity contribution is 5.91.